The molecule has 1 spiro atoms. The number of rotatable bonds is 2. The Balaban J connectivity index is 1.35. The number of hydrogen-bond donors (Lipinski definition) is 2. The number of pyridine rings is 1. The molecule has 0 aromatic carbocycles. The van der Waals surface area contributed by atoms with Gasteiger partial charge in [0, 0.05) is 24.1 Å². The molecule has 10 heteroatoms. The van der Waals surface area contributed by atoms with Crippen molar-refractivity contribution in [1.82, 2.24) is 14.8 Å². The first-order valence-electron chi connectivity index (χ1n) is 11.0. The van der Waals surface area contributed by atoms with E-state index in [-0.39, 0.29) is 16.4 Å². The molecule has 2 amide bonds. The quantitative estimate of drug-likeness (QED) is 0.740. The van der Waals surface area contributed by atoms with E-state index in [1.54, 1.807) is 4.68 Å². The Labute approximate surface area is 181 Å². The highest BCUT2D eigenvalue weighted by Gasteiger charge is 2.51. The average molecular weight is 443 g/mol. The van der Waals surface area contributed by atoms with E-state index in [1.165, 1.54) is 19.0 Å². The van der Waals surface area contributed by atoms with Crippen molar-refractivity contribution in [1.29, 1.82) is 0 Å². The number of aromatic nitrogens is 3. The molecule has 0 bridgehead atoms. The van der Waals surface area contributed by atoms with E-state index in [1.807, 2.05) is 6.92 Å². The molecular weight excluding hydrogens is 416 g/mol. The normalized spacial score (nSPS) is 24.0. The number of carbonyl (C=O) groups is 1. The molecular formula is C21H26N6O3S. The topological polar surface area (TPSA) is 124 Å². The van der Waals surface area contributed by atoms with Gasteiger partial charge in [0.1, 0.15) is 4.90 Å². The maximum absolute atomic E-state index is 13.2. The van der Waals surface area contributed by atoms with Crippen molar-refractivity contribution in [3.8, 4) is 5.88 Å². The van der Waals surface area contributed by atoms with Crippen LogP contribution in [0.3, 0.4) is 0 Å². The van der Waals surface area contributed by atoms with Gasteiger partial charge in [0.05, 0.1) is 23.7 Å². The molecule has 2 aromatic rings. The molecule has 2 aromatic heterocycles. The summed E-state index contributed by atoms with van der Waals surface area (Å²) in [6, 6.07) is -0.699. The fourth-order valence-electron chi connectivity index (χ4n) is 5.27. The lowest BCUT2D eigenvalue weighted by Crippen LogP contribution is -2.25. The highest BCUT2D eigenvalue weighted by molar-refractivity contribution is 7.91. The summed E-state index contributed by atoms with van der Waals surface area (Å²) in [5.41, 5.74) is 5.52. The molecule has 2 unspecified atom stereocenters. The summed E-state index contributed by atoms with van der Waals surface area (Å²) in [4.78, 5) is 18.1. The standard InChI is InChI=1S/C21H26N6O3S/c1-12-6-10-27-19(30-12)16(11-23-27)31(22,29)26-20(28)25-17-13-3-2-4-15(13)24-18-14(17)5-7-21(18)8-9-21/h11-12H,2-10H2,1H3,(H3,22,24,25,26,28,29). The van der Waals surface area contributed by atoms with Gasteiger partial charge in [-0.15, -0.1) is 4.36 Å². The molecule has 1 saturated carbocycles. The fourth-order valence-corrected chi connectivity index (χ4v) is 6.26. The second kappa shape index (κ2) is 6.52. The highest BCUT2D eigenvalue weighted by Crippen LogP contribution is 2.58. The minimum Gasteiger partial charge on any atom is -0.474 e. The SMILES string of the molecule is CC1CCn2ncc(S(N)(=O)=NC(=O)Nc3c4c(nc5c3CCC53CC3)CCC4)c2O1. The van der Waals surface area contributed by atoms with Crippen molar-refractivity contribution in [3.63, 3.8) is 0 Å². The molecule has 6 rings (SSSR count). The van der Waals surface area contributed by atoms with Crippen LogP contribution in [-0.2, 0) is 41.1 Å². The second-order valence-electron chi connectivity index (χ2n) is 9.22. The maximum Gasteiger partial charge on any atom is 0.354 e. The van der Waals surface area contributed by atoms with Gasteiger partial charge in [-0.25, -0.2) is 18.8 Å². The van der Waals surface area contributed by atoms with Crippen LogP contribution < -0.4 is 15.2 Å². The van der Waals surface area contributed by atoms with Crippen molar-refractivity contribution in [2.45, 2.75) is 81.2 Å². The molecule has 1 fully saturated rings. The molecule has 1 aliphatic heterocycles. The molecule has 2 atom stereocenters. The van der Waals surface area contributed by atoms with Crippen LogP contribution in [0.15, 0.2) is 15.5 Å². The van der Waals surface area contributed by atoms with Crippen LogP contribution in [0, 0.1) is 0 Å². The van der Waals surface area contributed by atoms with Crippen molar-refractivity contribution >= 4 is 21.6 Å². The summed E-state index contributed by atoms with van der Waals surface area (Å²) in [6.45, 7) is 2.58. The van der Waals surface area contributed by atoms with E-state index in [2.05, 4.69) is 14.8 Å². The molecule has 31 heavy (non-hydrogen) atoms. The van der Waals surface area contributed by atoms with Gasteiger partial charge >= 0.3 is 6.03 Å². The van der Waals surface area contributed by atoms with E-state index >= 15 is 0 Å². The summed E-state index contributed by atoms with van der Waals surface area (Å²) >= 11 is 0. The van der Waals surface area contributed by atoms with Crippen LogP contribution in [0.25, 0.3) is 0 Å². The van der Waals surface area contributed by atoms with E-state index < -0.39 is 15.9 Å². The zero-order valence-corrected chi connectivity index (χ0v) is 18.3. The lowest BCUT2D eigenvalue weighted by molar-refractivity contribution is 0.144. The van der Waals surface area contributed by atoms with Crippen molar-refractivity contribution in [2.24, 2.45) is 9.50 Å². The first-order chi connectivity index (χ1) is 14.9. The minimum atomic E-state index is -3.50. The van der Waals surface area contributed by atoms with E-state index in [4.69, 9.17) is 14.9 Å². The number of fused-ring (bicyclic) bond motifs is 4. The van der Waals surface area contributed by atoms with Gasteiger partial charge in [0.25, 0.3) is 0 Å². The van der Waals surface area contributed by atoms with Gasteiger partial charge in [0.15, 0.2) is 9.92 Å². The van der Waals surface area contributed by atoms with Gasteiger partial charge in [0.2, 0.25) is 5.88 Å². The molecule has 3 heterocycles. The zero-order chi connectivity index (χ0) is 21.4. The Morgan fingerprint density at radius 2 is 2.16 bits per heavy atom. The molecule has 0 radical (unpaired) electrons. The maximum atomic E-state index is 13.2. The second-order valence-corrected chi connectivity index (χ2v) is 11.0. The van der Waals surface area contributed by atoms with Gasteiger partial charge in [-0.2, -0.15) is 5.10 Å². The minimum absolute atomic E-state index is 0.0382. The number of aryl methyl sites for hydroxylation is 2. The Morgan fingerprint density at radius 1 is 1.32 bits per heavy atom. The van der Waals surface area contributed by atoms with Crippen molar-refractivity contribution < 1.29 is 13.7 Å². The monoisotopic (exact) mass is 442 g/mol. The van der Waals surface area contributed by atoms with Gasteiger partial charge in [-0.05, 0) is 63.0 Å². The summed E-state index contributed by atoms with van der Waals surface area (Å²) in [5.74, 6) is 0.337. The van der Waals surface area contributed by atoms with Gasteiger partial charge in [-0.1, -0.05) is 0 Å². The first kappa shape index (κ1) is 19.2. The number of ether oxygens (including phenoxy) is 1. The third kappa shape index (κ3) is 2.99. The Kier molecular flexibility index (Phi) is 4.05. The predicted octanol–water partition coefficient (Wildman–Crippen LogP) is 2.85. The Bertz CT molecular complexity index is 1240. The molecule has 3 aliphatic carbocycles. The molecule has 9 nitrogen and oxygen atoms in total. The van der Waals surface area contributed by atoms with Crippen LogP contribution >= 0.6 is 0 Å². The first-order valence-corrected chi connectivity index (χ1v) is 12.6. The van der Waals surface area contributed by atoms with Gasteiger partial charge < -0.3 is 10.1 Å². The number of hydrogen-bond acceptors (Lipinski definition) is 5. The molecule has 0 saturated heterocycles. The number of anilines is 1. The van der Waals surface area contributed by atoms with Crippen LogP contribution in [0.4, 0.5) is 10.5 Å². The van der Waals surface area contributed by atoms with E-state index in [0.29, 0.717) is 12.4 Å². The summed E-state index contributed by atoms with van der Waals surface area (Å²) in [7, 11) is -3.50. The van der Waals surface area contributed by atoms with Crippen LogP contribution in [0.1, 0.15) is 61.5 Å². The summed E-state index contributed by atoms with van der Waals surface area (Å²) in [5, 5.41) is 13.2. The van der Waals surface area contributed by atoms with Crippen LogP contribution in [0.5, 0.6) is 5.88 Å². The largest absolute Gasteiger partial charge is 0.474 e. The zero-order valence-electron chi connectivity index (χ0n) is 17.5. The molecule has 4 aliphatic rings. The number of urea groups is 1. The third-order valence-corrected chi connectivity index (χ3v) is 8.47. The smallest absolute Gasteiger partial charge is 0.354 e. The Hall–Kier alpha value is -2.46. The lowest BCUT2D eigenvalue weighted by Gasteiger charge is -2.22. The highest BCUT2D eigenvalue weighted by atomic mass is 32.2. The van der Waals surface area contributed by atoms with E-state index in [0.717, 1.165) is 66.7 Å². The molecule has 164 valence electrons. The molecule has 3 N–H and O–H groups in total. The van der Waals surface area contributed by atoms with E-state index in [9.17, 15) is 9.00 Å². The Morgan fingerprint density at radius 3 is 2.97 bits per heavy atom. The van der Waals surface area contributed by atoms with Crippen LogP contribution in [0.2, 0.25) is 0 Å². The lowest BCUT2D eigenvalue weighted by atomic mass is 10.0. The number of nitrogens with zero attached hydrogens (tertiary/aromatic N) is 4. The number of carbonyl (C=O) groups excluding carboxylic acids is 1. The van der Waals surface area contributed by atoms with Crippen LogP contribution in [-0.4, -0.2) is 31.1 Å². The van der Waals surface area contributed by atoms with Crippen molar-refractivity contribution in [2.75, 3.05) is 5.32 Å². The summed E-state index contributed by atoms with van der Waals surface area (Å²) < 4.78 is 24.5. The fraction of sp³-hybridized carbons (Fsp3) is 0.571. The van der Waals surface area contributed by atoms with Crippen molar-refractivity contribution in [3.05, 3.63) is 28.7 Å². The van der Waals surface area contributed by atoms with Gasteiger partial charge in [-0.3, -0.25) is 4.98 Å². The number of amides is 2. The predicted molar refractivity (Wildman–Crippen MR) is 114 cm³/mol. The average Bonchev–Trinajstić information content (AvgIpc) is 3.04. The number of nitrogens with two attached hydrogens (primary N) is 1. The third-order valence-electron chi connectivity index (χ3n) is 7.12. The number of nitrogens with one attached hydrogen (secondary N) is 1. The summed E-state index contributed by atoms with van der Waals surface area (Å²) in [6.07, 6.45) is 9.35.